The van der Waals surface area contributed by atoms with Crippen LogP contribution in [0.25, 0.3) is 0 Å². The van der Waals surface area contributed by atoms with E-state index in [1.54, 1.807) is 0 Å². The molecule has 0 aromatic heterocycles. The molecule has 1 aromatic rings. The van der Waals surface area contributed by atoms with Crippen molar-refractivity contribution in [2.24, 2.45) is 0 Å². The maximum absolute atomic E-state index is 8.73. The highest BCUT2D eigenvalue weighted by molar-refractivity contribution is 5.37. The van der Waals surface area contributed by atoms with Crippen molar-refractivity contribution in [3.63, 3.8) is 0 Å². The number of aryl methyl sites for hydroxylation is 1. The number of hydrogen-bond acceptors (Lipinski definition) is 2. The first-order chi connectivity index (χ1) is 7.27. The van der Waals surface area contributed by atoms with E-state index in [9.17, 15) is 0 Å². The summed E-state index contributed by atoms with van der Waals surface area (Å²) in [4.78, 5) is 0. The fraction of sp³-hybridized carbons (Fsp3) is 0.462. The SMILES string of the molecule is CCCCNCc1ccc(C#N)cc1C. The van der Waals surface area contributed by atoms with Gasteiger partial charge in [-0.1, -0.05) is 19.4 Å². The molecular formula is C13H18N2. The van der Waals surface area contributed by atoms with E-state index in [1.165, 1.54) is 24.0 Å². The quantitative estimate of drug-likeness (QED) is 0.745. The summed E-state index contributed by atoms with van der Waals surface area (Å²) in [5.41, 5.74) is 3.22. The summed E-state index contributed by atoms with van der Waals surface area (Å²) in [7, 11) is 0. The Bertz CT molecular complexity index is 350. The lowest BCUT2D eigenvalue weighted by Crippen LogP contribution is -2.15. The third kappa shape index (κ3) is 3.73. The molecule has 0 saturated carbocycles. The molecule has 0 aliphatic heterocycles. The van der Waals surface area contributed by atoms with Crippen LogP contribution in [-0.2, 0) is 6.54 Å². The second-order valence-corrected chi connectivity index (χ2v) is 3.78. The van der Waals surface area contributed by atoms with Crippen LogP contribution in [0, 0.1) is 18.3 Å². The van der Waals surface area contributed by atoms with Gasteiger partial charge < -0.3 is 5.32 Å². The summed E-state index contributed by atoms with van der Waals surface area (Å²) in [6.07, 6.45) is 2.44. The van der Waals surface area contributed by atoms with Crippen molar-refractivity contribution in [3.05, 3.63) is 34.9 Å². The van der Waals surface area contributed by atoms with E-state index in [0.717, 1.165) is 18.7 Å². The van der Waals surface area contributed by atoms with E-state index in [4.69, 9.17) is 5.26 Å². The van der Waals surface area contributed by atoms with Crippen molar-refractivity contribution in [3.8, 4) is 6.07 Å². The first-order valence-corrected chi connectivity index (χ1v) is 5.48. The van der Waals surface area contributed by atoms with Gasteiger partial charge in [-0.25, -0.2) is 0 Å². The van der Waals surface area contributed by atoms with Gasteiger partial charge in [0.1, 0.15) is 0 Å². The lowest BCUT2D eigenvalue weighted by atomic mass is 10.1. The van der Waals surface area contributed by atoms with Gasteiger partial charge in [0.25, 0.3) is 0 Å². The smallest absolute Gasteiger partial charge is 0.0991 e. The van der Waals surface area contributed by atoms with Crippen LogP contribution in [0.1, 0.15) is 36.5 Å². The van der Waals surface area contributed by atoms with E-state index in [-0.39, 0.29) is 0 Å². The van der Waals surface area contributed by atoms with Crippen molar-refractivity contribution in [1.29, 1.82) is 5.26 Å². The third-order valence-corrected chi connectivity index (χ3v) is 2.49. The van der Waals surface area contributed by atoms with E-state index in [2.05, 4.69) is 25.2 Å². The Balaban J connectivity index is 2.52. The van der Waals surface area contributed by atoms with Crippen LogP contribution in [0.4, 0.5) is 0 Å². The number of rotatable bonds is 5. The van der Waals surface area contributed by atoms with E-state index < -0.39 is 0 Å². The molecule has 0 spiro atoms. The molecule has 0 radical (unpaired) electrons. The molecule has 1 aromatic carbocycles. The predicted molar refractivity (Wildman–Crippen MR) is 62.5 cm³/mol. The van der Waals surface area contributed by atoms with E-state index >= 15 is 0 Å². The average Bonchev–Trinajstić information content (AvgIpc) is 2.26. The molecule has 2 nitrogen and oxygen atoms in total. The summed E-state index contributed by atoms with van der Waals surface area (Å²) in [6.45, 7) is 6.21. The highest BCUT2D eigenvalue weighted by Crippen LogP contribution is 2.10. The Morgan fingerprint density at radius 2 is 2.20 bits per heavy atom. The van der Waals surface area contributed by atoms with Gasteiger partial charge in [-0.3, -0.25) is 0 Å². The topological polar surface area (TPSA) is 35.8 Å². The summed E-state index contributed by atoms with van der Waals surface area (Å²) < 4.78 is 0. The van der Waals surface area contributed by atoms with E-state index in [1.807, 2.05) is 18.2 Å². The van der Waals surface area contributed by atoms with Crippen molar-refractivity contribution < 1.29 is 0 Å². The zero-order valence-corrected chi connectivity index (χ0v) is 9.51. The first kappa shape index (κ1) is 11.7. The van der Waals surface area contributed by atoms with Gasteiger partial charge in [0.05, 0.1) is 11.6 Å². The molecule has 0 heterocycles. The second kappa shape index (κ2) is 6.21. The molecule has 0 aliphatic carbocycles. The predicted octanol–water partition coefficient (Wildman–Crippen LogP) is 2.76. The van der Waals surface area contributed by atoms with Crippen molar-refractivity contribution >= 4 is 0 Å². The van der Waals surface area contributed by atoms with Crippen LogP contribution >= 0.6 is 0 Å². The molecule has 0 bridgehead atoms. The minimum atomic E-state index is 0.741. The van der Waals surface area contributed by atoms with Crippen LogP contribution < -0.4 is 5.32 Å². The van der Waals surface area contributed by atoms with Gasteiger partial charge in [0.15, 0.2) is 0 Å². The number of hydrogen-bond donors (Lipinski definition) is 1. The Hall–Kier alpha value is -1.33. The molecule has 1 N–H and O–H groups in total. The Morgan fingerprint density at radius 1 is 1.40 bits per heavy atom. The van der Waals surface area contributed by atoms with Crippen molar-refractivity contribution in [2.45, 2.75) is 33.2 Å². The number of benzene rings is 1. The summed E-state index contributed by atoms with van der Waals surface area (Å²) in [6, 6.07) is 8.01. The fourth-order valence-electron chi connectivity index (χ4n) is 1.49. The van der Waals surface area contributed by atoms with Crippen LogP contribution in [0.2, 0.25) is 0 Å². The van der Waals surface area contributed by atoms with Crippen LogP contribution in [-0.4, -0.2) is 6.54 Å². The lowest BCUT2D eigenvalue weighted by Gasteiger charge is -2.07. The normalized spacial score (nSPS) is 9.93. The molecule has 0 amide bonds. The van der Waals surface area contributed by atoms with Gasteiger partial charge in [-0.05, 0) is 43.1 Å². The summed E-state index contributed by atoms with van der Waals surface area (Å²) in [5, 5.41) is 12.1. The highest BCUT2D eigenvalue weighted by atomic mass is 14.8. The minimum Gasteiger partial charge on any atom is -0.313 e. The fourth-order valence-corrected chi connectivity index (χ4v) is 1.49. The summed E-state index contributed by atoms with van der Waals surface area (Å²) >= 11 is 0. The Morgan fingerprint density at radius 3 is 2.80 bits per heavy atom. The van der Waals surface area contributed by atoms with Crippen LogP contribution in [0.15, 0.2) is 18.2 Å². The maximum Gasteiger partial charge on any atom is 0.0991 e. The molecule has 80 valence electrons. The highest BCUT2D eigenvalue weighted by Gasteiger charge is 1.99. The number of unbranched alkanes of at least 4 members (excludes halogenated alkanes) is 1. The van der Waals surface area contributed by atoms with Crippen molar-refractivity contribution in [2.75, 3.05) is 6.54 Å². The number of nitrogens with zero attached hydrogens (tertiary/aromatic N) is 1. The van der Waals surface area contributed by atoms with Gasteiger partial charge in [-0.2, -0.15) is 5.26 Å². The minimum absolute atomic E-state index is 0.741. The molecule has 15 heavy (non-hydrogen) atoms. The maximum atomic E-state index is 8.73. The van der Waals surface area contributed by atoms with Crippen LogP contribution in [0.5, 0.6) is 0 Å². The standard InChI is InChI=1S/C13H18N2/c1-3-4-7-15-10-13-6-5-12(9-14)8-11(13)2/h5-6,8,15H,3-4,7,10H2,1-2H3. The monoisotopic (exact) mass is 202 g/mol. The lowest BCUT2D eigenvalue weighted by molar-refractivity contribution is 0.640. The molecular weight excluding hydrogens is 184 g/mol. The van der Waals surface area contributed by atoms with E-state index in [0.29, 0.717) is 0 Å². The average molecular weight is 202 g/mol. The largest absolute Gasteiger partial charge is 0.313 e. The Kier molecular flexibility index (Phi) is 4.86. The van der Waals surface area contributed by atoms with Gasteiger partial charge in [0, 0.05) is 6.54 Å². The van der Waals surface area contributed by atoms with Crippen LogP contribution in [0.3, 0.4) is 0 Å². The van der Waals surface area contributed by atoms with Crippen molar-refractivity contribution in [1.82, 2.24) is 5.32 Å². The second-order valence-electron chi connectivity index (χ2n) is 3.78. The van der Waals surface area contributed by atoms with Gasteiger partial charge in [-0.15, -0.1) is 0 Å². The number of nitriles is 1. The number of nitrogens with one attached hydrogen (secondary N) is 1. The zero-order valence-electron chi connectivity index (χ0n) is 9.51. The third-order valence-electron chi connectivity index (χ3n) is 2.49. The molecule has 0 aliphatic rings. The summed E-state index contributed by atoms with van der Waals surface area (Å²) in [5.74, 6) is 0. The molecule has 1 rings (SSSR count). The Labute approximate surface area is 91.9 Å². The molecule has 0 atom stereocenters. The van der Waals surface area contributed by atoms with Gasteiger partial charge in [0.2, 0.25) is 0 Å². The van der Waals surface area contributed by atoms with Gasteiger partial charge >= 0.3 is 0 Å². The first-order valence-electron chi connectivity index (χ1n) is 5.48. The molecule has 0 saturated heterocycles. The molecule has 2 heteroatoms. The zero-order chi connectivity index (χ0) is 11.1. The molecule has 0 unspecified atom stereocenters. The molecule has 0 fully saturated rings.